The summed E-state index contributed by atoms with van der Waals surface area (Å²) in [4.78, 5) is 4.72. The Morgan fingerprint density at radius 1 is 1.17 bits per heavy atom. The van der Waals surface area contributed by atoms with Crippen LogP contribution in [0.15, 0.2) is 23.2 Å². The normalized spacial score (nSPS) is 15.9. The van der Waals surface area contributed by atoms with Gasteiger partial charge in [-0.2, -0.15) is 0 Å². The van der Waals surface area contributed by atoms with Crippen molar-refractivity contribution >= 4 is 5.96 Å². The summed E-state index contributed by atoms with van der Waals surface area (Å²) in [7, 11) is 1.69. The van der Waals surface area contributed by atoms with E-state index < -0.39 is 0 Å². The quantitative estimate of drug-likeness (QED) is 0.364. The molecule has 164 valence electrons. The number of ether oxygens (including phenoxy) is 2. The zero-order valence-electron chi connectivity index (χ0n) is 18.4. The first-order valence-corrected chi connectivity index (χ1v) is 11.2. The van der Waals surface area contributed by atoms with Crippen molar-refractivity contribution in [1.82, 2.24) is 10.6 Å². The predicted molar refractivity (Wildman–Crippen MR) is 119 cm³/mol. The highest BCUT2D eigenvalue weighted by Gasteiger charge is 2.18. The third-order valence-electron chi connectivity index (χ3n) is 5.38. The summed E-state index contributed by atoms with van der Waals surface area (Å²) < 4.78 is 11.7. The molecular weight excluding hydrogens is 366 g/mol. The summed E-state index contributed by atoms with van der Waals surface area (Å²) in [5.41, 5.74) is 1.08. The zero-order chi connectivity index (χ0) is 20.9. The Balaban J connectivity index is 1.97. The van der Waals surface area contributed by atoms with Crippen LogP contribution in [0.25, 0.3) is 0 Å². The van der Waals surface area contributed by atoms with E-state index in [1.165, 1.54) is 12.8 Å². The number of aliphatic hydroxyl groups is 1. The standard InChI is InChI=1S/C23H39N3O3/c1-4-8-18(13-14-27)16-25-23(24-5-2)26-17-19-11-12-21(22(15-19)28-3)29-20-9-6-7-10-20/h11-12,15,18,20,27H,4-10,13-14,16-17H2,1-3H3,(H2,24,25,26). The Morgan fingerprint density at radius 3 is 2.62 bits per heavy atom. The summed E-state index contributed by atoms with van der Waals surface area (Å²) in [5, 5.41) is 16.0. The Morgan fingerprint density at radius 2 is 1.97 bits per heavy atom. The lowest BCUT2D eigenvalue weighted by molar-refractivity contribution is 0.200. The first-order chi connectivity index (χ1) is 14.2. The zero-order valence-corrected chi connectivity index (χ0v) is 18.4. The molecule has 2 rings (SSSR count). The van der Waals surface area contributed by atoms with E-state index in [4.69, 9.17) is 14.5 Å². The van der Waals surface area contributed by atoms with E-state index in [0.29, 0.717) is 18.6 Å². The fourth-order valence-corrected chi connectivity index (χ4v) is 3.79. The monoisotopic (exact) mass is 405 g/mol. The molecule has 29 heavy (non-hydrogen) atoms. The summed E-state index contributed by atoms with van der Waals surface area (Å²) in [5.74, 6) is 2.86. The highest BCUT2D eigenvalue weighted by atomic mass is 16.5. The maximum atomic E-state index is 9.25. The molecule has 0 saturated heterocycles. The van der Waals surface area contributed by atoms with Gasteiger partial charge in [-0.25, -0.2) is 4.99 Å². The molecule has 1 atom stereocenters. The van der Waals surface area contributed by atoms with Crippen molar-refractivity contribution in [2.45, 2.75) is 71.4 Å². The fraction of sp³-hybridized carbons (Fsp3) is 0.696. The van der Waals surface area contributed by atoms with Gasteiger partial charge in [-0.1, -0.05) is 19.4 Å². The molecular formula is C23H39N3O3. The summed E-state index contributed by atoms with van der Waals surface area (Å²) in [6.07, 6.45) is 8.10. The average Bonchev–Trinajstić information content (AvgIpc) is 3.24. The van der Waals surface area contributed by atoms with Crippen LogP contribution in [0.1, 0.15) is 64.4 Å². The second-order valence-electron chi connectivity index (χ2n) is 7.75. The molecule has 1 aliphatic carbocycles. The number of aliphatic hydroxyl groups excluding tert-OH is 1. The van der Waals surface area contributed by atoms with Gasteiger partial charge in [-0.3, -0.25) is 0 Å². The Hall–Kier alpha value is -1.95. The minimum absolute atomic E-state index is 0.231. The van der Waals surface area contributed by atoms with Gasteiger partial charge in [0.05, 0.1) is 19.8 Å². The second-order valence-corrected chi connectivity index (χ2v) is 7.75. The van der Waals surface area contributed by atoms with Crippen LogP contribution in [0.4, 0.5) is 0 Å². The Labute approximate surface area is 176 Å². The van der Waals surface area contributed by atoms with Gasteiger partial charge in [-0.15, -0.1) is 0 Å². The maximum absolute atomic E-state index is 9.25. The molecule has 0 spiro atoms. The van der Waals surface area contributed by atoms with Gasteiger partial charge in [0, 0.05) is 19.7 Å². The molecule has 0 radical (unpaired) electrons. The van der Waals surface area contributed by atoms with E-state index in [0.717, 1.165) is 68.2 Å². The second kappa shape index (κ2) is 13.3. The van der Waals surface area contributed by atoms with Crippen molar-refractivity contribution in [3.05, 3.63) is 23.8 Å². The number of hydrogen-bond donors (Lipinski definition) is 3. The average molecular weight is 406 g/mol. The molecule has 3 N–H and O–H groups in total. The molecule has 6 nitrogen and oxygen atoms in total. The van der Waals surface area contributed by atoms with E-state index in [2.05, 4.69) is 30.5 Å². The smallest absolute Gasteiger partial charge is 0.191 e. The van der Waals surface area contributed by atoms with Crippen LogP contribution in [0.5, 0.6) is 11.5 Å². The minimum Gasteiger partial charge on any atom is -0.493 e. The topological polar surface area (TPSA) is 75.1 Å². The molecule has 1 unspecified atom stereocenters. The van der Waals surface area contributed by atoms with Crippen molar-refractivity contribution in [3.63, 3.8) is 0 Å². The summed E-state index contributed by atoms with van der Waals surface area (Å²) in [6, 6.07) is 6.08. The maximum Gasteiger partial charge on any atom is 0.191 e. The molecule has 1 saturated carbocycles. The molecule has 6 heteroatoms. The molecule has 0 amide bonds. The van der Waals surface area contributed by atoms with Crippen molar-refractivity contribution in [1.29, 1.82) is 0 Å². The first-order valence-electron chi connectivity index (χ1n) is 11.2. The van der Waals surface area contributed by atoms with Crippen LogP contribution in [0.2, 0.25) is 0 Å². The third kappa shape index (κ3) is 8.13. The van der Waals surface area contributed by atoms with Gasteiger partial charge in [0.1, 0.15) is 0 Å². The van der Waals surface area contributed by atoms with E-state index in [-0.39, 0.29) is 6.61 Å². The predicted octanol–water partition coefficient (Wildman–Crippen LogP) is 3.87. The lowest BCUT2D eigenvalue weighted by atomic mass is 10.0. The number of hydrogen-bond acceptors (Lipinski definition) is 4. The first kappa shape index (κ1) is 23.3. The highest BCUT2D eigenvalue weighted by Crippen LogP contribution is 2.32. The number of rotatable bonds is 12. The third-order valence-corrected chi connectivity index (χ3v) is 5.38. The number of guanidine groups is 1. The van der Waals surface area contributed by atoms with E-state index in [1.807, 2.05) is 12.1 Å². The molecule has 0 bridgehead atoms. The largest absolute Gasteiger partial charge is 0.493 e. The number of benzene rings is 1. The summed E-state index contributed by atoms with van der Waals surface area (Å²) >= 11 is 0. The number of methoxy groups -OCH3 is 1. The number of aliphatic imine (C=N–C) groups is 1. The van der Waals surface area contributed by atoms with Gasteiger partial charge in [-0.05, 0) is 69.1 Å². The van der Waals surface area contributed by atoms with E-state index in [9.17, 15) is 5.11 Å². The van der Waals surface area contributed by atoms with Crippen molar-refractivity contribution in [2.75, 3.05) is 26.8 Å². The van der Waals surface area contributed by atoms with Gasteiger partial charge >= 0.3 is 0 Å². The highest BCUT2D eigenvalue weighted by molar-refractivity contribution is 5.79. The van der Waals surface area contributed by atoms with E-state index in [1.54, 1.807) is 7.11 Å². The van der Waals surface area contributed by atoms with Crippen molar-refractivity contribution in [2.24, 2.45) is 10.9 Å². The van der Waals surface area contributed by atoms with Gasteiger partial charge in [0.25, 0.3) is 0 Å². The van der Waals surface area contributed by atoms with Crippen LogP contribution in [-0.4, -0.2) is 44.0 Å². The number of nitrogens with zero attached hydrogens (tertiary/aromatic N) is 1. The van der Waals surface area contributed by atoms with Gasteiger partial charge < -0.3 is 25.2 Å². The van der Waals surface area contributed by atoms with Gasteiger partial charge in [0.2, 0.25) is 0 Å². The molecule has 1 fully saturated rings. The van der Waals surface area contributed by atoms with E-state index >= 15 is 0 Å². The molecule has 0 aliphatic heterocycles. The van der Waals surface area contributed by atoms with Crippen molar-refractivity contribution in [3.8, 4) is 11.5 Å². The van der Waals surface area contributed by atoms with Crippen molar-refractivity contribution < 1.29 is 14.6 Å². The van der Waals surface area contributed by atoms with Crippen LogP contribution in [0.3, 0.4) is 0 Å². The minimum atomic E-state index is 0.231. The van der Waals surface area contributed by atoms with Crippen LogP contribution >= 0.6 is 0 Å². The molecule has 1 aromatic rings. The van der Waals surface area contributed by atoms with Crippen LogP contribution in [0, 0.1) is 5.92 Å². The van der Waals surface area contributed by atoms with Crippen LogP contribution < -0.4 is 20.1 Å². The molecule has 0 aromatic heterocycles. The Kier molecular flexibility index (Phi) is 10.7. The number of nitrogens with one attached hydrogen (secondary N) is 2. The SMILES string of the molecule is CCCC(CCO)CNC(=NCc1ccc(OC2CCCC2)c(OC)c1)NCC. The summed E-state index contributed by atoms with van der Waals surface area (Å²) in [6.45, 7) is 6.66. The molecule has 1 aromatic carbocycles. The molecule has 0 heterocycles. The fourth-order valence-electron chi connectivity index (χ4n) is 3.79. The lowest BCUT2D eigenvalue weighted by Gasteiger charge is -2.18. The molecule has 1 aliphatic rings. The lowest BCUT2D eigenvalue weighted by Crippen LogP contribution is -2.40. The van der Waals surface area contributed by atoms with Crippen LogP contribution in [-0.2, 0) is 6.54 Å². The van der Waals surface area contributed by atoms with Gasteiger partial charge in [0.15, 0.2) is 17.5 Å². The Bertz CT molecular complexity index is 609.